The van der Waals surface area contributed by atoms with Crippen molar-refractivity contribution in [1.29, 1.82) is 0 Å². The zero-order chi connectivity index (χ0) is 32.6. The van der Waals surface area contributed by atoms with E-state index in [1.807, 2.05) is 76.8 Å². The Morgan fingerprint density at radius 1 is 0.936 bits per heavy atom. The predicted molar refractivity (Wildman–Crippen MR) is 187 cm³/mol. The fraction of sp³-hybridized carbons (Fsp3) is 0.350. The molecule has 0 saturated carbocycles. The summed E-state index contributed by atoms with van der Waals surface area (Å²) in [6, 6.07) is 24.7. The Morgan fingerprint density at radius 3 is 2.55 bits per heavy atom. The first-order valence-corrected chi connectivity index (χ1v) is 17.0. The second-order valence-corrected chi connectivity index (χ2v) is 12.9. The smallest absolute Gasteiger partial charge is 0.234 e. The molecule has 0 radical (unpaired) electrons. The number of hydrogen-bond acceptors (Lipinski definition) is 5. The number of carbonyl (C=O) groups is 1. The van der Waals surface area contributed by atoms with E-state index in [0.717, 1.165) is 70.8 Å². The van der Waals surface area contributed by atoms with Gasteiger partial charge in [0.05, 0.1) is 42.8 Å². The van der Waals surface area contributed by atoms with Crippen molar-refractivity contribution in [3.8, 4) is 5.75 Å². The molecule has 5 aromatic rings. The van der Waals surface area contributed by atoms with Crippen LogP contribution in [0.5, 0.6) is 5.75 Å². The van der Waals surface area contributed by atoms with E-state index in [0.29, 0.717) is 25.6 Å². The van der Waals surface area contributed by atoms with E-state index in [1.54, 1.807) is 0 Å². The molecule has 7 heteroatoms. The van der Waals surface area contributed by atoms with Crippen molar-refractivity contribution in [2.45, 2.75) is 90.8 Å². The van der Waals surface area contributed by atoms with Crippen molar-refractivity contribution in [3.63, 3.8) is 0 Å². The van der Waals surface area contributed by atoms with Crippen molar-refractivity contribution in [2.24, 2.45) is 0 Å². The van der Waals surface area contributed by atoms with Crippen molar-refractivity contribution < 1.29 is 9.53 Å². The van der Waals surface area contributed by atoms with Gasteiger partial charge in [-0.1, -0.05) is 75.7 Å². The van der Waals surface area contributed by atoms with Crippen molar-refractivity contribution in [2.75, 3.05) is 4.90 Å². The maximum absolute atomic E-state index is 14.6. The van der Waals surface area contributed by atoms with Gasteiger partial charge in [0, 0.05) is 23.7 Å². The first kappa shape index (κ1) is 32.2. The Hall–Kier alpha value is -4.78. The molecule has 3 aromatic heterocycles. The maximum Gasteiger partial charge on any atom is 0.234 e. The number of carbonyl (C=O) groups excluding carboxylic acids is 1. The number of ether oxygens (including phenoxy) is 1. The zero-order valence-electron chi connectivity index (χ0n) is 27.8. The van der Waals surface area contributed by atoms with E-state index in [4.69, 9.17) is 9.72 Å². The molecule has 0 N–H and O–H groups in total. The summed E-state index contributed by atoms with van der Waals surface area (Å²) >= 11 is 0. The zero-order valence-corrected chi connectivity index (χ0v) is 27.8. The Balaban J connectivity index is 1.23. The number of aryl methyl sites for hydroxylation is 1. The highest BCUT2D eigenvalue weighted by atomic mass is 16.5. The molecule has 0 fully saturated rings. The summed E-state index contributed by atoms with van der Waals surface area (Å²) in [5.41, 5.74) is 8.31. The minimum Gasteiger partial charge on any atom is -0.489 e. The molecule has 6 rings (SSSR count). The summed E-state index contributed by atoms with van der Waals surface area (Å²) in [5.74, 6) is 0.975. The number of fused-ring (bicyclic) bond motifs is 1. The van der Waals surface area contributed by atoms with Crippen LogP contribution in [0.1, 0.15) is 97.5 Å². The predicted octanol–water partition coefficient (Wildman–Crippen LogP) is 8.42. The fourth-order valence-corrected chi connectivity index (χ4v) is 6.33. The largest absolute Gasteiger partial charge is 0.489 e. The molecule has 2 aromatic carbocycles. The van der Waals surface area contributed by atoms with Gasteiger partial charge in [-0.25, -0.2) is 0 Å². The topological polar surface area (TPSA) is 73.1 Å². The minimum atomic E-state index is -0.269. The van der Waals surface area contributed by atoms with Crippen LogP contribution in [0.2, 0.25) is 0 Å². The lowest BCUT2D eigenvalue weighted by Crippen LogP contribution is -2.36. The Kier molecular flexibility index (Phi) is 10.4. The van der Waals surface area contributed by atoms with Crippen LogP contribution in [-0.4, -0.2) is 25.7 Å². The normalized spacial score (nSPS) is 14.2. The van der Waals surface area contributed by atoms with Crippen LogP contribution in [0, 0.1) is 0 Å². The lowest BCUT2D eigenvalue weighted by molar-refractivity contribution is -0.120. The summed E-state index contributed by atoms with van der Waals surface area (Å²) in [6.45, 7) is 7.94. The Bertz CT molecular complexity index is 1750. The van der Waals surface area contributed by atoms with Gasteiger partial charge in [0.1, 0.15) is 12.4 Å². The van der Waals surface area contributed by atoms with Gasteiger partial charge in [-0.15, -0.1) is 0 Å². The summed E-state index contributed by atoms with van der Waals surface area (Å²) in [4.78, 5) is 25.9. The summed E-state index contributed by atoms with van der Waals surface area (Å²) in [6.07, 6.45) is 13.7. The van der Waals surface area contributed by atoms with Gasteiger partial charge in [0.2, 0.25) is 5.91 Å². The molecule has 1 aliphatic rings. The van der Waals surface area contributed by atoms with E-state index in [1.165, 1.54) is 18.4 Å². The first-order chi connectivity index (χ1) is 23.0. The standard InChI is InChI=1S/C40H45N5O2/c1-4-5-11-30-18-19-33(41-22-30)27-44-25-32(23-43-44)26-45(34-20-21-38(29(2)3)42-24-34)40(46)37-16-9-15-36-35(37)14-10-17-39(36)47-28-31-12-7-6-8-13-31/h6-8,10,12-14,17-25,29,37H,4-5,9,11,15-16,26-28H2,1-3H3. The van der Waals surface area contributed by atoms with E-state index < -0.39 is 0 Å². The molecule has 0 bridgehead atoms. The number of hydrogen-bond donors (Lipinski definition) is 0. The molecule has 3 heterocycles. The molecular weight excluding hydrogens is 582 g/mol. The van der Waals surface area contributed by atoms with Crippen LogP contribution >= 0.6 is 0 Å². The van der Waals surface area contributed by atoms with E-state index in [9.17, 15) is 4.79 Å². The van der Waals surface area contributed by atoms with Crippen molar-refractivity contribution in [3.05, 3.63) is 137 Å². The molecular formula is C40H45N5O2. The van der Waals surface area contributed by atoms with E-state index in [2.05, 4.69) is 61.2 Å². The van der Waals surface area contributed by atoms with Crippen LogP contribution in [-0.2, 0) is 37.3 Å². The van der Waals surface area contributed by atoms with E-state index >= 15 is 0 Å². The van der Waals surface area contributed by atoms with Gasteiger partial charge in [-0.3, -0.25) is 19.4 Å². The van der Waals surface area contributed by atoms with Crippen LogP contribution in [0.15, 0.2) is 97.6 Å². The lowest BCUT2D eigenvalue weighted by Gasteiger charge is -2.31. The van der Waals surface area contributed by atoms with Gasteiger partial charge < -0.3 is 9.64 Å². The third-order valence-corrected chi connectivity index (χ3v) is 9.00. The highest BCUT2D eigenvalue weighted by Gasteiger charge is 2.32. The number of rotatable bonds is 13. The summed E-state index contributed by atoms with van der Waals surface area (Å²) < 4.78 is 8.22. The fourth-order valence-electron chi connectivity index (χ4n) is 6.33. The number of anilines is 1. The summed E-state index contributed by atoms with van der Waals surface area (Å²) in [5, 5.41) is 4.64. The molecule has 0 spiro atoms. The van der Waals surface area contributed by atoms with Crippen LogP contribution < -0.4 is 9.64 Å². The molecule has 1 amide bonds. The molecule has 1 unspecified atom stereocenters. The minimum absolute atomic E-state index is 0.0716. The van der Waals surface area contributed by atoms with Crippen molar-refractivity contribution >= 4 is 11.6 Å². The average Bonchev–Trinajstić information content (AvgIpc) is 3.56. The van der Waals surface area contributed by atoms with Crippen LogP contribution in [0.3, 0.4) is 0 Å². The van der Waals surface area contributed by atoms with E-state index in [-0.39, 0.29) is 11.8 Å². The van der Waals surface area contributed by atoms with Gasteiger partial charge in [0.15, 0.2) is 0 Å². The second-order valence-electron chi connectivity index (χ2n) is 12.9. The Morgan fingerprint density at radius 2 is 1.81 bits per heavy atom. The monoisotopic (exact) mass is 627 g/mol. The molecule has 1 aliphatic carbocycles. The number of unbranched alkanes of at least 4 members (excludes halogenated alkanes) is 1. The van der Waals surface area contributed by atoms with Crippen molar-refractivity contribution in [1.82, 2.24) is 19.7 Å². The molecule has 0 aliphatic heterocycles. The molecule has 7 nitrogen and oxygen atoms in total. The molecule has 47 heavy (non-hydrogen) atoms. The third-order valence-electron chi connectivity index (χ3n) is 9.00. The van der Waals surface area contributed by atoms with Crippen LogP contribution in [0.25, 0.3) is 0 Å². The second kappa shape index (κ2) is 15.2. The highest BCUT2D eigenvalue weighted by Crippen LogP contribution is 2.39. The maximum atomic E-state index is 14.6. The number of aromatic nitrogens is 4. The van der Waals surface area contributed by atoms with Crippen LogP contribution in [0.4, 0.5) is 5.69 Å². The quantitative estimate of drug-likeness (QED) is 0.131. The highest BCUT2D eigenvalue weighted by molar-refractivity contribution is 5.98. The van der Waals surface area contributed by atoms with Gasteiger partial charge >= 0.3 is 0 Å². The number of pyridine rings is 2. The van der Waals surface area contributed by atoms with Gasteiger partial charge in [-0.05, 0) is 84.5 Å². The molecule has 242 valence electrons. The number of nitrogens with zero attached hydrogens (tertiary/aromatic N) is 5. The average molecular weight is 628 g/mol. The SMILES string of the molecule is CCCCc1ccc(Cn2cc(CN(C(=O)C3CCCc4c(OCc5ccccc5)cccc43)c3ccc(C(C)C)nc3)cn2)nc1. The van der Waals surface area contributed by atoms with Gasteiger partial charge in [-0.2, -0.15) is 5.10 Å². The Labute approximate surface area is 278 Å². The molecule has 1 atom stereocenters. The number of benzene rings is 2. The van der Waals surface area contributed by atoms with Gasteiger partial charge in [0.25, 0.3) is 0 Å². The molecule has 0 saturated heterocycles. The first-order valence-electron chi connectivity index (χ1n) is 17.0. The number of amides is 1. The lowest BCUT2D eigenvalue weighted by atomic mass is 9.81. The third kappa shape index (κ3) is 7.97. The summed E-state index contributed by atoms with van der Waals surface area (Å²) in [7, 11) is 0.